The van der Waals surface area contributed by atoms with Crippen molar-refractivity contribution in [3.63, 3.8) is 0 Å². The highest BCUT2D eigenvalue weighted by atomic mass is 16.5. The molecule has 2 atom stereocenters. The molecule has 1 aliphatic rings. The van der Waals surface area contributed by atoms with Gasteiger partial charge in [0.25, 0.3) is 0 Å². The largest absolute Gasteiger partial charge is 0.467 e. The van der Waals surface area contributed by atoms with Gasteiger partial charge >= 0.3 is 5.97 Å². The summed E-state index contributed by atoms with van der Waals surface area (Å²) in [5, 5.41) is 0. The lowest BCUT2D eigenvalue weighted by molar-refractivity contribution is -0.144. The number of carbonyl (C=O) groups is 1. The number of rotatable bonds is 3. The number of esters is 1. The van der Waals surface area contributed by atoms with Crippen LogP contribution in [0.3, 0.4) is 0 Å². The molecule has 0 saturated carbocycles. The van der Waals surface area contributed by atoms with Gasteiger partial charge in [-0.25, -0.2) is 4.79 Å². The van der Waals surface area contributed by atoms with E-state index in [4.69, 9.17) is 9.47 Å². The first-order valence-corrected chi connectivity index (χ1v) is 5.70. The van der Waals surface area contributed by atoms with Gasteiger partial charge in [0.1, 0.15) is 0 Å². The Morgan fingerprint density at radius 2 is 2.00 bits per heavy atom. The van der Waals surface area contributed by atoms with E-state index in [0.717, 1.165) is 18.7 Å². The molecule has 0 radical (unpaired) electrons. The van der Waals surface area contributed by atoms with Crippen LogP contribution in [-0.4, -0.2) is 38.9 Å². The number of anilines is 1. The first kappa shape index (κ1) is 11.9. The molecule has 2 rings (SSSR count). The molecule has 92 valence electrons. The molecule has 17 heavy (non-hydrogen) atoms. The number of carbonyl (C=O) groups excluding carboxylic acids is 1. The zero-order valence-corrected chi connectivity index (χ0v) is 10.1. The van der Waals surface area contributed by atoms with E-state index in [9.17, 15) is 4.79 Å². The summed E-state index contributed by atoms with van der Waals surface area (Å²) in [6, 6.07) is 9.53. The fourth-order valence-electron chi connectivity index (χ4n) is 2.32. The van der Waals surface area contributed by atoms with Crippen molar-refractivity contribution in [1.82, 2.24) is 0 Å². The van der Waals surface area contributed by atoms with Crippen LogP contribution in [0.15, 0.2) is 30.3 Å². The molecule has 0 bridgehead atoms. The Bertz CT molecular complexity index is 380. The fraction of sp³-hybridized carbons (Fsp3) is 0.462. The maximum absolute atomic E-state index is 11.8. The van der Waals surface area contributed by atoms with Crippen molar-refractivity contribution >= 4 is 11.7 Å². The first-order valence-electron chi connectivity index (χ1n) is 5.70. The van der Waals surface area contributed by atoms with E-state index in [1.54, 1.807) is 7.11 Å². The van der Waals surface area contributed by atoms with Crippen molar-refractivity contribution in [2.75, 3.05) is 25.7 Å². The second-order valence-corrected chi connectivity index (χ2v) is 4.06. The maximum atomic E-state index is 11.8. The van der Waals surface area contributed by atoms with Gasteiger partial charge < -0.3 is 14.4 Å². The van der Waals surface area contributed by atoms with Crippen LogP contribution < -0.4 is 4.90 Å². The molecular weight excluding hydrogens is 218 g/mol. The molecule has 1 saturated heterocycles. The van der Waals surface area contributed by atoms with Gasteiger partial charge in [-0.3, -0.25) is 0 Å². The van der Waals surface area contributed by atoms with Crippen LogP contribution in [0.4, 0.5) is 5.69 Å². The van der Waals surface area contributed by atoms with Crippen LogP contribution >= 0.6 is 0 Å². The van der Waals surface area contributed by atoms with Gasteiger partial charge in [-0.05, 0) is 18.6 Å². The van der Waals surface area contributed by atoms with Crippen molar-refractivity contribution in [2.45, 2.75) is 18.6 Å². The lowest BCUT2D eigenvalue weighted by Crippen LogP contribution is -2.43. The Hall–Kier alpha value is -1.55. The van der Waals surface area contributed by atoms with Crippen molar-refractivity contribution in [1.29, 1.82) is 0 Å². The van der Waals surface area contributed by atoms with Crippen LogP contribution in [0.5, 0.6) is 0 Å². The number of methoxy groups -OCH3 is 2. The minimum Gasteiger partial charge on any atom is -0.467 e. The molecule has 0 amide bonds. The highest BCUT2D eigenvalue weighted by Gasteiger charge is 2.40. The zero-order chi connectivity index (χ0) is 12.3. The normalized spacial score (nSPS) is 23.8. The molecule has 0 spiro atoms. The van der Waals surface area contributed by atoms with Crippen molar-refractivity contribution in [3.05, 3.63) is 30.3 Å². The molecule has 1 aliphatic heterocycles. The SMILES string of the molecule is COC(=O)[C@H]1[C@@H](OC)CCN1c1ccccc1. The zero-order valence-electron chi connectivity index (χ0n) is 10.1. The average molecular weight is 235 g/mol. The summed E-state index contributed by atoms with van der Waals surface area (Å²) in [6.45, 7) is 0.808. The molecule has 4 nitrogen and oxygen atoms in total. The minimum atomic E-state index is -0.340. The van der Waals surface area contributed by atoms with Gasteiger partial charge in [0, 0.05) is 19.3 Å². The van der Waals surface area contributed by atoms with E-state index in [1.807, 2.05) is 35.2 Å². The number of nitrogens with zero attached hydrogens (tertiary/aromatic N) is 1. The predicted octanol–water partition coefficient (Wildman–Crippen LogP) is 1.45. The number of benzene rings is 1. The summed E-state index contributed by atoms with van der Waals surface area (Å²) in [4.78, 5) is 13.9. The van der Waals surface area contributed by atoms with E-state index < -0.39 is 0 Å². The quantitative estimate of drug-likeness (QED) is 0.743. The lowest BCUT2D eigenvalue weighted by Gasteiger charge is -2.26. The van der Waals surface area contributed by atoms with Gasteiger partial charge in [-0.1, -0.05) is 18.2 Å². The first-order chi connectivity index (χ1) is 8.27. The third-order valence-electron chi connectivity index (χ3n) is 3.18. The number of para-hydroxylation sites is 1. The van der Waals surface area contributed by atoms with Gasteiger partial charge in [0.2, 0.25) is 0 Å². The van der Waals surface area contributed by atoms with Crippen molar-refractivity contribution < 1.29 is 14.3 Å². The summed E-state index contributed by atoms with van der Waals surface area (Å²) < 4.78 is 10.2. The molecule has 1 aromatic rings. The average Bonchev–Trinajstić information content (AvgIpc) is 2.82. The van der Waals surface area contributed by atoms with Gasteiger partial charge in [-0.15, -0.1) is 0 Å². The predicted molar refractivity (Wildman–Crippen MR) is 65.0 cm³/mol. The minimum absolute atomic E-state index is 0.0948. The second-order valence-electron chi connectivity index (χ2n) is 4.06. The molecule has 0 N–H and O–H groups in total. The number of hydrogen-bond donors (Lipinski definition) is 0. The van der Waals surface area contributed by atoms with E-state index in [2.05, 4.69) is 0 Å². The summed E-state index contributed by atoms with van der Waals surface area (Å²) in [5.41, 5.74) is 1.03. The Kier molecular flexibility index (Phi) is 3.64. The molecule has 0 aromatic heterocycles. The standard InChI is InChI=1S/C13H17NO3/c1-16-11-8-9-14(12(11)13(15)17-2)10-6-4-3-5-7-10/h3-7,11-12H,8-9H2,1-2H3/t11-,12+/m0/s1. The van der Waals surface area contributed by atoms with Gasteiger partial charge in [0.05, 0.1) is 13.2 Å². The molecule has 1 aromatic carbocycles. The molecule has 0 unspecified atom stereocenters. The van der Waals surface area contributed by atoms with E-state index in [-0.39, 0.29) is 18.1 Å². The van der Waals surface area contributed by atoms with Crippen LogP contribution in [0.2, 0.25) is 0 Å². The highest BCUT2D eigenvalue weighted by molar-refractivity contribution is 5.81. The maximum Gasteiger partial charge on any atom is 0.331 e. The third-order valence-corrected chi connectivity index (χ3v) is 3.18. The fourth-order valence-corrected chi connectivity index (χ4v) is 2.32. The van der Waals surface area contributed by atoms with Crippen LogP contribution in [0, 0.1) is 0 Å². The smallest absolute Gasteiger partial charge is 0.331 e. The monoisotopic (exact) mass is 235 g/mol. The van der Waals surface area contributed by atoms with Crippen LogP contribution in [-0.2, 0) is 14.3 Å². The summed E-state index contributed by atoms with van der Waals surface area (Å²) in [5.74, 6) is -0.238. The number of ether oxygens (including phenoxy) is 2. The Morgan fingerprint density at radius 1 is 1.29 bits per heavy atom. The van der Waals surface area contributed by atoms with Crippen LogP contribution in [0.1, 0.15) is 6.42 Å². The third kappa shape index (κ3) is 2.26. The molecular formula is C13H17NO3. The molecule has 4 heteroatoms. The Balaban J connectivity index is 2.25. The van der Waals surface area contributed by atoms with Crippen molar-refractivity contribution in [3.8, 4) is 0 Å². The molecule has 1 fully saturated rings. The van der Waals surface area contributed by atoms with Crippen LogP contribution in [0.25, 0.3) is 0 Å². The Labute approximate surface area is 101 Å². The van der Waals surface area contributed by atoms with Gasteiger partial charge in [-0.2, -0.15) is 0 Å². The summed E-state index contributed by atoms with van der Waals surface area (Å²) >= 11 is 0. The van der Waals surface area contributed by atoms with E-state index in [1.165, 1.54) is 7.11 Å². The second kappa shape index (κ2) is 5.19. The lowest BCUT2D eigenvalue weighted by atomic mass is 10.1. The summed E-state index contributed by atoms with van der Waals surface area (Å²) in [6.07, 6.45) is 0.744. The number of hydrogen-bond acceptors (Lipinski definition) is 4. The molecule has 0 aliphatic carbocycles. The van der Waals surface area contributed by atoms with E-state index >= 15 is 0 Å². The highest BCUT2D eigenvalue weighted by Crippen LogP contribution is 2.27. The van der Waals surface area contributed by atoms with E-state index in [0.29, 0.717) is 0 Å². The Morgan fingerprint density at radius 3 is 2.59 bits per heavy atom. The summed E-state index contributed by atoms with van der Waals surface area (Å²) in [7, 11) is 3.05. The molecule has 1 heterocycles. The van der Waals surface area contributed by atoms with Crippen molar-refractivity contribution in [2.24, 2.45) is 0 Å². The topological polar surface area (TPSA) is 38.8 Å². The van der Waals surface area contributed by atoms with Gasteiger partial charge in [0.15, 0.2) is 6.04 Å².